The summed E-state index contributed by atoms with van der Waals surface area (Å²) in [6, 6.07) is 11.8. The molecule has 0 spiro atoms. The molecule has 6 heteroatoms. The third-order valence-corrected chi connectivity index (χ3v) is 2.25. The van der Waals surface area contributed by atoms with E-state index in [0.717, 1.165) is 5.56 Å². The van der Waals surface area contributed by atoms with Crippen LogP contribution in [-0.2, 0) is 11.3 Å². The molecule has 2 aromatic rings. The number of furan rings is 1. The predicted octanol–water partition coefficient (Wildman–Crippen LogP) is 2.73. The van der Waals surface area contributed by atoms with E-state index in [1.165, 1.54) is 12.1 Å². The smallest absolute Gasteiger partial charge is 0.414 e. The van der Waals surface area contributed by atoms with Crippen molar-refractivity contribution in [2.45, 2.75) is 6.61 Å². The number of carboxylic acid groups (broad SMARTS) is 1. The molecule has 98 valence electrons. The number of carbonyl (C=O) groups is 2. The number of anilines is 1. The van der Waals surface area contributed by atoms with Gasteiger partial charge in [0.05, 0.1) is 0 Å². The first-order chi connectivity index (χ1) is 9.15. The molecule has 0 atom stereocenters. The number of carbonyl (C=O) groups excluding carboxylic acids is 1. The Morgan fingerprint density at radius 1 is 1.16 bits per heavy atom. The molecule has 0 aliphatic carbocycles. The van der Waals surface area contributed by atoms with Crippen LogP contribution in [0.5, 0.6) is 0 Å². The van der Waals surface area contributed by atoms with Gasteiger partial charge in [-0.2, -0.15) is 0 Å². The van der Waals surface area contributed by atoms with Gasteiger partial charge in [0.15, 0.2) is 0 Å². The second kappa shape index (κ2) is 5.72. The van der Waals surface area contributed by atoms with Crippen molar-refractivity contribution in [3.05, 3.63) is 53.8 Å². The van der Waals surface area contributed by atoms with Crippen LogP contribution in [0.2, 0.25) is 0 Å². The minimum atomic E-state index is -1.20. The van der Waals surface area contributed by atoms with Gasteiger partial charge in [0.25, 0.3) is 0 Å². The quantitative estimate of drug-likeness (QED) is 0.883. The molecule has 0 saturated carbocycles. The van der Waals surface area contributed by atoms with Crippen molar-refractivity contribution in [3.8, 4) is 0 Å². The van der Waals surface area contributed by atoms with Gasteiger partial charge in [0.2, 0.25) is 11.6 Å². The maximum Gasteiger partial charge on any atom is 0.414 e. The van der Waals surface area contributed by atoms with Crippen LogP contribution < -0.4 is 5.32 Å². The number of carboxylic acids is 1. The summed E-state index contributed by atoms with van der Waals surface area (Å²) in [5.74, 6) is -1.43. The molecular weight excluding hydrogens is 250 g/mol. The van der Waals surface area contributed by atoms with Gasteiger partial charge in [-0.05, 0) is 11.6 Å². The fraction of sp³-hybridized carbons (Fsp3) is 0.0769. The summed E-state index contributed by atoms with van der Waals surface area (Å²) in [5, 5.41) is 10.9. The Bertz CT molecular complexity index is 576. The van der Waals surface area contributed by atoms with Crippen LogP contribution >= 0.6 is 0 Å². The maximum absolute atomic E-state index is 11.4. The zero-order valence-electron chi connectivity index (χ0n) is 9.83. The fourth-order valence-corrected chi connectivity index (χ4v) is 1.38. The highest BCUT2D eigenvalue weighted by Crippen LogP contribution is 2.13. The Hall–Kier alpha value is -2.76. The lowest BCUT2D eigenvalue weighted by atomic mass is 10.2. The standard InChI is InChI=1S/C13H11NO5/c15-12(16)10-6-7-11(19-10)14-13(17)18-8-9-4-2-1-3-5-9/h1-7H,8H2,(H,14,17)(H,15,16). The van der Waals surface area contributed by atoms with Crippen molar-refractivity contribution in [2.24, 2.45) is 0 Å². The molecule has 1 amide bonds. The Labute approximate surface area is 108 Å². The van der Waals surface area contributed by atoms with Crippen LogP contribution in [0.3, 0.4) is 0 Å². The number of hydrogen-bond acceptors (Lipinski definition) is 4. The van der Waals surface area contributed by atoms with Crippen LogP contribution in [-0.4, -0.2) is 17.2 Å². The molecule has 1 heterocycles. The summed E-state index contributed by atoms with van der Waals surface area (Å²) in [5.41, 5.74) is 0.850. The van der Waals surface area contributed by atoms with Crippen molar-refractivity contribution >= 4 is 17.9 Å². The fourth-order valence-electron chi connectivity index (χ4n) is 1.38. The van der Waals surface area contributed by atoms with E-state index in [2.05, 4.69) is 5.32 Å². The number of benzene rings is 1. The lowest BCUT2D eigenvalue weighted by Gasteiger charge is -2.04. The molecule has 0 aliphatic rings. The zero-order valence-corrected chi connectivity index (χ0v) is 9.83. The summed E-state index contributed by atoms with van der Waals surface area (Å²) >= 11 is 0. The average molecular weight is 261 g/mol. The molecule has 0 bridgehead atoms. The van der Waals surface area contributed by atoms with E-state index >= 15 is 0 Å². The van der Waals surface area contributed by atoms with Gasteiger partial charge in [-0.3, -0.25) is 5.32 Å². The third kappa shape index (κ3) is 3.60. The monoisotopic (exact) mass is 261 g/mol. The molecule has 6 nitrogen and oxygen atoms in total. The molecule has 0 fully saturated rings. The van der Waals surface area contributed by atoms with Gasteiger partial charge in [0, 0.05) is 6.07 Å². The summed E-state index contributed by atoms with van der Waals surface area (Å²) < 4.78 is 9.80. The van der Waals surface area contributed by atoms with E-state index in [1.807, 2.05) is 30.3 Å². The minimum Gasteiger partial charge on any atom is -0.475 e. The number of hydrogen-bond donors (Lipinski definition) is 2. The molecule has 0 aliphatic heterocycles. The Kier molecular flexibility index (Phi) is 3.82. The first-order valence-corrected chi connectivity index (χ1v) is 5.46. The highest BCUT2D eigenvalue weighted by atomic mass is 16.6. The van der Waals surface area contributed by atoms with E-state index in [9.17, 15) is 9.59 Å². The number of ether oxygens (including phenoxy) is 1. The number of nitrogens with one attached hydrogen (secondary N) is 1. The molecule has 2 rings (SSSR count). The zero-order chi connectivity index (χ0) is 13.7. The van der Waals surface area contributed by atoms with Crippen LogP contribution in [0, 0.1) is 0 Å². The van der Waals surface area contributed by atoms with E-state index in [-0.39, 0.29) is 18.3 Å². The van der Waals surface area contributed by atoms with Crippen molar-refractivity contribution < 1.29 is 23.8 Å². The second-order valence-corrected chi connectivity index (χ2v) is 3.66. The molecule has 19 heavy (non-hydrogen) atoms. The summed E-state index contributed by atoms with van der Waals surface area (Å²) in [4.78, 5) is 22.0. The van der Waals surface area contributed by atoms with Crippen LogP contribution in [0.15, 0.2) is 46.9 Å². The predicted molar refractivity (Wildman–Crippen MR) is 65.9 cm³/mol. The molecule has 2 N–H and O–H groups in total. The van der Waals surface area contributed by atoms with Crippen molar-refractivity contribution in [1.29, 1.82) is 0 Å². The van der Waals surface area contributed by atoms with Gasteiger partial charge >= 0.3 is 12.1 Å². The largest absolute Gasteiger partial charge is 0.475 e. The summed E-state index contributed by atoms with van der Waals surface area (Å²) in [6.45, 7) is 0.124. The summed E-state index contributed by atoms with van der Waals surface area (Å²) in [6.07, 6.45) is -0.713. The molecule has 0 unspecified atom stereocenters. The van der Waals surface area contributed by atoms with Gasteiger partial charge < -0.3 is 14.3 Å². The van der Waals surface area contributed by atoms with E-state index in [1.54, 1.807) is 0 Å². The normalized spacial score (nSPS) is 9.89. The highest BCUT2D eigenvalue weighted by molar-refractivity contribution is 5.87. The van der Waals surface area contributed by atoms with E-state index in [0.29, 0.717) is 0 Å². The van der Waals surface area contributed by atoms with Crippen molar-refractivity contribution in [3.63, 3.8) is 0 Å². The first kappa shape index (κ1) is 12.7. The SMILES string of the molecule is O=C(Nc1ccc(C(=O)O)o1)OCc1ccccc1. The van der Waals surface area contributed by atoms with Crippen molar-refractivity contribution in [2.75, 3.05) is 5.32 Å². The molecule has 0 radical (unpaired) electrons. The second-order valence-electron chi connectivity index (χ2n) is 3.66. The molecular formula is C13H11NO5. The van der Waals surface area contributed by atoms with Gasteiger partial charge in [-0.15, -0.1) is 0 Å². The summed E-state index contributed by atoms with van der Waals surface area (Å²) in [7, 11) is 0. The lowest BCUT2D eigenvalue weighted by Crippen LogP contribution is -2.13. The van der Waals surface area contributed by atoms with Gasteiger partial charge in [-0.1, -0.05) is 30.3 Å². The highest BCUT2D eigenvalue weighted by Gasteiger charge is 2.11. The minimum absolute atomic E-state index is 0.0236. The van der Waals surface area contributed by atoms with Crippen molar-refractivity contribution in [1.82, 2.24) is 0 Å². The number of aromatic carboxylic acids is 1. The van der Waals surface area contributed by atoms with Crippen LogP contribution in [0.1, 0.15) is 16.1 Å². The van der Waals surface area contributed by atoms with Crippen LogP contribution in [0.25, 0.3) is 0 Å². The molecule has 0 saturated heterocycles. The Morgan fingerprint density at radius 3 is 2.53 bits per heavy atom. The van der Waals surface area contributed by atoms with E-state index < -0.39 is 12.1 Å². The van der Waals surface area contributed by atoms with E-state index in [4.69, 9.17) is 14.3 Å². The first-order valence-electron chi connectivity index (χ1n) is 5.46. The van der Waals surface area contributed by atoms with Crippen LogP contribution in [0.4, 0.5) is 10.7 Å². The van der Waals surface area contributed by atoms with Gasteiger partial charge in [0.1, 0.15) is 6.61 Å². The molecule has 1 aromatic heterocycles. The number of rotatable bonds is 4. The topological polar surface area (TPSA) is 88.8 Å². The Morgan fingerprint density at radius 2 is 1.89 bits per heavy atom. The maximum atomic E-state index is 11.4. The molecule has 1 aromatic carbocycles. The Balaban J connectivity index is 1.85. The lowest BCUT2D eigenvalue weighted by molar-refractivity contribution is 0.0663. The number of amides is 1. The van der Waals surface area contributed by atoms with Gasteiger partial charge in [-0.25, -0.2) is 9.59 Å². The average Bonchev–Trinajstić information content (AvgIpc) is 2.86. The third-order valence-electron chi connectivity index (χ3n) is 2.25.